The van der Waals surface area contributed by atoms with Crippen molar-refractivity contribution in [2.75, 3.05) is 0 Å². The van der Waals surface area contributed by atoms with Crippen molar-refractivity contribution in [2.24, 2.45) is 0 Å². The monoisotopic (exact) mass is 346 g/mol. The van der Waals surface area contributed by atoms with Gasteiger partial charge in [0.15, 0.2) is 5.82 Å². The van der Waals surface area contributed by atoms with Crippen LogP contribution in [-0.4, -0.2) is 36.6 Å². The van der Waals surface area contributed by atoms with Gasteiger partial charge in [0.05, 0.1) is 12.5 Å². The molecule has 2 aromatic carbocycles. The number of hydrogen-bond donors (Lipinski definition) is 2. The Morgan fingerprint density at radius 1 is 1.04 bits per heavy atom. The van der Waals surface area contributed by atoms with Gasteiger partial charge < -0.3 is 9.72 Å². The van der Waals surface area contributed by atoms with Crippen LogP contribution in [0.2, 0.25) is 0 Å². The maximum Gasteiger partial charge on any atom is 0.356 e. The molecule has 2 aromatic heterocycles. The number of rotatable bonds is 5. The van der Waals surface area contributed by atoms with E-state index in [0.29, 0.717) is 11.5 Å². The second-order valence-electron chi connectivity index (χ2n) is 5.53. The van der Waals surface area contributed by atoms with Crippen LogP contribution in [0.4, 0.5) is 0 Å². The minimum absolute atomic E-state index is 0.186. The van der Waals surface area contributed by atoms with E-state index in [9.17, 15) is 4.79 Å². The molecule has 0 bridgehead atoms. The maximum absolute atomic E-state index is 11.8. The van der Waals surface area contributed by atoms with Crippen LogP contribution >= 0.6 is 0 Å². The molecule has 2 heterocycles. The fourth-order valence-corrected chi connectivity index (χ4v) is 2.59. The van der Waals surface area contributed by atoms with Crippen molar-refractivity contribution in [1.82, 2.24) is 30.6 Å². The number of carbonyl (C=O) groups is 1. The zero-order chi connectivity index (χ0) is 17.8. The summed E-state index contributed by atoms with van der Waals surface area (Å²) in [6.45, 7) is 0.186. The Bertz CT molecular complexity index is 995. The van der Waals surface area contributed by atoms with Crippen LogP contribution in [0.3, 0.4) is 0 Å². The number of nitrogens with one attached hydrogen (secondary N) is 2. The molecule has 0 aliphatic heterocycles. The summed E-state index contributed by atoms with van der Waals surface area (Å²) < 4.78 is 5.26. The number of ether oxygens (including phenoxy) is 1. The number of hydrogen-bond acceptors (Lipinski definition) is 6. The molecule has 0 fully saturated rings. The molecule has 0 saturated heterocycles. The summed E-state index contributed by atoms with van der Waals surface area (Å²) >= 11 is 0. The largest absolute Gasteiger partial charge is 0.456 e. The Hall–Kier alpha value is -3.81. The standard InChI is InChI=1S/C18H14N6O2/c25-18(16-9-19-11-20-16)26-10-12-5-7-13(8-6-12)14-3-1-2-4-15(14)17-21-23-24-22-17/h1-9,11H,10H2,(H,19,20)(H,21,22,23,24). The number of aromatic amines is 2. The van der Waals surface area contributed by atoms with E-state index in [1.165, 1.54) is 12.5 Å². The first-order valence-electron chi connectivity index (χ1n) is 7.89. The molecule has 26 heavy (non-hydrogen) atoms. The normalized spacial score (nSPS) is 10.6. The number of tetrazole rings is 1. The van der Waals surface area contributed by atoms with Crippen molar-refractivity contribution < 1.29 is 9.53 Å². The minimum Gasteiger partial charge on any atom is -0.456 e. The smallest absolute Gasteiger partial charge is 0.356 e. The molecule has 4 aromatic rings. The van der Waals surface area contributed by atoms with Crippen LogP contribution in [0.25, 0.3) is 22.5 Å². The lowest BCUT2D eigenvalue weighted by molar-refractivity contribution is 0.0466. The van der Waals surface area contributed by atoms with Crippen LogP contribution in [0.1, 0.15) is 16.1 Å². The van der Waals surface area contributed by atoms with E-state index < -0.39 is 5.97 Å². The molecule has 0 saturated carbocycles. The van der Waals surface area contributed by atoms with Gasteiger partial charge in [-0.3, -0.25) is 0 Å². The number of carbonyl (C=O) groups excluding carboxylic acids is 1. The molecular weight excluding hydrogens is 332 g/mol. The summed E-state index contributed by atoms with van der Waals surface area (Å²) in [5, 5.41) is 14.0. The molecule has 0 aliphatic rings. The first-order valence-corrected chi connectivity index (χ1v) is 7.89. The third-order valence-electron chi connectivity index (χ3n) is 3.88. The average molecular weight is 346 g/mol. The molecular formula is C18H14N6O2. The van der Waals surface area contributed by atoms with Crippen LogP contribution in [0.5, 0.6) is 0 Å². The van der Waals surface area contributed by atoms with Crippen molar-refractivity contribution in [2.45, 2.75) is 6.61 Å². The lowest BCUT2D eigenvalue weighted by Gasteiger charge is -2.08. The second-order valence-corrected chi connectivity index (χ2v) is 5.53. The SMILES string of the molecule is O=C(OCc1ccc(-c2ccccc2-c2nnn[nH]2)cc1)c1cnc[nH]1. The number of aromatic nitrogens is 6. The molecule has 0 spiro atoms. The van der Waals surface area contributed by atoms with E-state index in [-0.39, 0.29) is 6.61 Å². The van der Waals surface area contributed by atoms with Gasteiger partial charge in [0, 0.05) is 5.56 Å². The third-order valence-corrected chi connectivity index (χ3v) is 3.88. The molecule has 8 heteroatoms. The van der Waals surface area contributed by atoms with Gasteiger partial charge in [-0.05, 0) is 27.1 Å². The fourth-order valence-electron chi connectivity index (χ4n) is 2.59. The number of nitrogens with zero attached hydrogens (tertiary/aromatic N) is 4. The van der Waals surface area contributed by atoms with Crippen LogP contribution < -0.4 is 0 Å². The van der Waals surface area contributed by atoms with Gasteiger partial charge in [0.2, 0.25) is 0 Å². The van der Waals surface area contributed by atoms with E-state index in [0.717, 1.165) is 22.3 Å². The summed E-state index contributed by atoms with van der Waals surface area (Å²) in [6, 6.07) is 15.6. The summed E-state index contributed by atoms with van der Waals surface area (Å²) in [7, 11) is 0. The number of imidazole rings is 1. The number of H-pyrrole nitrogens is 2. The van der Waals surface area contributed by atoms with Gasteiger partial charge in [-0.2, -0.15) is 0 Å². The van der Waals surface area contributed by atoms with Crippen molar-refractivity contribution in [3.8, 4) is 22.5 Å². The molecule has 4 rings (SSSR count). The lowest BCUT2D eigenvalue weighted by atomic mass is 9.98. The summed E-state index contributed by atoms with van der Waals surface area (Å²) in [4.78, 5) is 18.3. The van der Waals surface area contributed by atoms with Crippen LogP contribution in [0, 0.1) is 0 Å². The van der Waals surface area contributed by atoms with Crippen molar-refractivity contribution >= 4 is 5.97 Å². The highest BCUT2D eigenvalue weighted by molar-refractivity contribution is 5.86. The summed E-state index contributed by atoms with van der Waals surface area (Å²) in [5.41, 5.74) is 4.15. The van der Waals surface area contributed by atoms with Crippen molar-refractivity contribution in [3.05, 3.63) is 72.3 Å². The molecule has 8 nitrogen and oxygen atoms in total. The Balaban J connectivity index is 1.51. The van der Waals surface area contributed by atoms with E-state index >= 15 is 0 Å². The summed E-state index contributed by atoms with van der Waals surface area (Å²) in [6.07, 6.45) is 2.87. The van der Waals surface area contributed by atoms with Gasteiger partial charge >= 0.3 is 5.97 Å². The predicted molar refractivity (Wildman–Crippen MR) is 92.8 cm³/mol. The Labute approximate surface area is 148 Å². The summed E-state index contributed by atoms with van der Waals surface area (Å²) in [5.74, 6) is 0.174. The topological polar surface area (TPSA) is 109 Å². The van der Waals surface area contributed by atoms with E-state index in [4.69, 9.17) is 4.74 Å². The van der Waals surface area contributed by atoms with E-state index in [1.54, 1.807) is 0 Å². The number of esters is 1. The molecule has 0 amide bonds. The molecule has 128 valence electrons. The first-order chi connectivity index (χ1) is 12.8. The van der Waals surface area contributed by atoms with Gasteiger partial charge in [0.25, 0.3) is 0 Å². The third kappa shape index (κ3) is 3.20. The van der Waals surface area contributed by atoms with Gasteiger partial charge in [-0.1, -0.05) is 48.5 Å². The fraction of sp³-hybridized carbons (Fsp3) is 0.0556. The highest BCUT2D eigenvalue weighted by Crippen LogP contribution is 2.29. The van der Waals surface area contributed by atoms with Crippen molar-refractivity contribution in [1.29, 1.82) is 0 Å². The van der Waals surface area contributed by atoms with Gasteiger partial charge in [-0.15, -0.1) is 5.10 Å². The maximum atomic E-state index is 11.8. The zero-order valence-corrected chi connectivity index (χ0v) is 13.6. The predicted octanol–water partition coefficient (Wildman–Crippen LogP) is 2.61. The van der Waals surface area contributed by atoms with Crippen LogP contribution in [-0.2, 0) is 11.3 Å². The van der Waals surface area contributed by atoms with Gasteiger partial charge in [-0.25, -0.2) is 14.9 Å². The average Bonchev–Trinajstić information content (AvgIpc) is 3.40. The van der Waals surface area contributed by atoms with Gasteiger partial charge in [0.1, 0.15) is 12.3 Å². The zero-order valence-electron chi connectivity index (χ0n) is 13.6. The van der Waals surface area contributed by atoms with Crippen LogP contribution in [0.15, 0.2) is 61.1 Å². The Morgan fingerprint density at radius 2 is 1.85 bits per heavy atom. The highest BCUT2D eigenvalue weighted by atomic mass is 16.5. The second kappa shape index (κ2) is 6.98. The molecule has 0 aliphatic carbocycles. The molecule has 0 unspecified atom stereocenters. The molecule has 2 N–H and O–H groups in total. The first kappa shape index (κ1) is 15.7. The quantitative estimate of drug-likeness (QED) is 0.538. The van der Waals surface area contributed by atoms with E-state index in [1.807, 2.05) is 48.5 Å². The molecule has 0 radical (unpaired) electrons. The highest BCUT2D eigenvalue weighted by Gasteiger charge is 2.11. The number of benzene rings is 2. The Morgan fingerprint density at radius 3 is 2.54 bits per heavy atom. The lowest BCUT2D eigenvalue weighted by Crippen LogP contribution is -2.05. The molecule has 0 atom stereocenters. The van der Waals surface area contributed by atoms with Crippen molar-refractivity contribution in [3.63, 3.8) is 0 Å². The Kier molecular flexibility index (Phi) is 4.21. The minimum atomic E-state index is -0.435. The van der Waals surface area contributed by atoms with E-state index in [2.05, 4.69) is 30.6 Å².